The fraction of sp³-hybridized carbons (Fsp3) is 1.00. The zero-order valence-corrected chi connectivity index (χ0v) is 37.8. The average Bonchev–Trinajstić information content (AvgIpc) is 3.00. The molecule has 0 aliphatic heterocycles. The number of unbranched alkanes of at least 4 members (excludes halogenated alkanes) is 2. The van der Waals surface area contributed by atoms with E-state index in [2.05, 4.69) is 145 Å². The molecule has 53 heavy (non-hydrogen) atoms. The molecule has 0 aromatic carbocycles. The molecule has 0 N–H and O–H groups in total. The highest BCUT2D eigenvalue weighted by Gasteiger charge is 1.99. The van der Waals surface area contributed by atoms with Crippen molar-refractivity contribution in [3.63, 3.8) is 0 Å². The Kier molecular flexibility index (Phi) is 158. The lowest BCUT2D eigenvalue weighted by atomic mass is 9.98. The van der Waals surface area contributed by atoms with Crippen LogP contribution in [0.1, 0.15) is 313 Å². The molecule has 0 aromatic heterocycles. The van der Waals surface area contributed by atoms with Crippen molar-refractivity contribution >= 4 is 0 Å². The second kappa shape index (κ2) is 88.9. The zero-order chi connectivity index (χ0) is 37.8. The summed E-state index contributed by atoms with van der Waals surface area (Å²) in [4.78, 5) is 0. The Labute approximate surface area is 353 Å². The van der Waals surface area contributed by atoms with Crippen molar-refractivity contribution in [1.82, 2.24) is 0 Å². The van der Waals surface area contributed by atoms with Crippen LogP contribution in [0.4, 0.5) is 0 Å². The highest BCUT2D eigenvalue weighted by atomic mass is 14.0. The summed E-state index contributed by atoms with van der Waals surface area (Å²) in [6.45, 7) is 47.2. The first-order valence-electron chi connectivity index (χ1n) is 21.5. The van der Waals surface area contributed by atoms with Gasteiger partial charge < -0.3 is 0 Å². The Morgan fingerprint density at radius 3 is 0.585 bits per heavy atom. The van der Waals surface area contributed by atoms with Crippen LogP contribution in [0.3, 0.4) is 0 Å². The van der Waals surface area contributed by atoms with Gasteiger partial charge in [-0.3, -0.25) is 0 Å². The molecule has 0 saturated carbocycles. The van der Waals surface area contributed by atoms with Crippen molar-refractivity contribution in [3.8, 4) is 0 Å². The summed E-state index contributed by atoms with van der Waals surface area (Å²) in [5, 5.41) is 0. The smallest absolute Gasteiger partial charge is 0.0443 e. The Hall–Kier alpha value is 0. The van der Waals surface area contributed by atoms with Crippen molar-refractivity contribution in [3.05, 3.63) is 0 Å². The summed E-state index contributed by atoms with van der Waals surface area (Å²) in [7, 11) is 0. The van der Waals surface area contributed by atoms with Crippen molar-refractivity contribution in [2.75, 3.05) is 0 Å². The number of rotatable bonds is 18. The van der Waals surface area contributed by atoms with Crippen LogP contribution in [0, 0.1) is 41.4 Å². The maximum absolute atomic E-state index is 2.38. The summed E-state index contributed by atoms with van der Waals surface area (Å²) in [6.07, 6.45) is 24.7. The van der Waals surface area contributed by atoms with Crippen LogP contribution in [0.2, 0.25) is 0 Å². The van der Waals surface area contributed by atoms with Crippen molar-refractivity contribution in [1.29, 1.82) is 0 Å². The quantitative estimate of drug-likeness (QED) is 0.130. The van der Waals surface area contributed by atoms with Gasteiger partial charge in [0.2, 0.25) is 0 Å². The largest absolute Gasteiger partial charge is 0.0776 e. The monoisotopic (exact) mass is 771 g/mol. The molecule has 0 fully saturated rings. The normalized spacial score (nSPS) is 9.34. The van der Waals surface area contributed by atoms with Crippen LogP contribution in [-0.2, 0) is 0 Å². The van der Waals surface area contributed by atoms with Gasteiger partial charge in [0.1, 0.15) is 0 Å². The fourth-order valence-corrected chi connectivity index (χ4v) is 3.94. The predicted molar refractivity (Wildman–Crippen MR) is 274 cm³/mol. The molecule has 0 amide bonds. The molecule has 1 atom stereocenters. The first-order valence-corrected chi connectivity index (χ1v) is 21.5. The first kappa shape index (κ1) is 94.2. The average molecular weight is 772 g/mol. The Morgan fingerprint density at radius 2 is 0.472 bits per heavy atom. The van der Waals surface area contributed by atoms with E-state index in [4.69, 9.17) is 0 Å². The minimum absolute atomic E-state index is 0. The van der Waals surface area contributed by atoms with Gasteiger partial charge in [-0.05, 0) is 41.4 Å². The molecule has 0 rings (SSSR count). The van der Waals surface area contributed by atoms with Gasteiger partial charge in [-0.2, -0.15) is 0 Å². The van der Waals surface area contributed by atoms with E-state index in [1.165, 1.54) is 116 Å². The topological polar surface area (TPSA) is 0 Å². The van der Waals surface area contributed by atoms with E-state index in [-0.39, 0.29) is 52.0 Å². The minimum atomic E-state index is 0. The van der Waals surface area contributed by atoms with E-state index in [1.54, 1.807) is 0 Å². The number of hydrogen-bond donors (Lipinski definition) is 0. The molecule has 0 spiro atoms. The van der Waals surface area contributed by atoms with Crippen molar-refractivity contribution in [2.24, 2.45) is 41.4 Å². The van der Waals surface area contributed by atoms with Gasteiger partial charge in [0.15, 0.2) is 0 Å². The van der Waals surface area contributed by atoms with Crippen molar-refractivity contribution < 1.29 is 0 Å². The standard InChI is InChI=1S/C10H22.C8H18.C7H16.2C6H14.C5H12.C4H10.7CH4/c1-4-6-8-10(3)9-7-5-2;1-4-6-8(3)7-5-2;1-4-6-7(3)5-2;1-4-5-6(2)3;1-4-6(3)5-2;1-4-5(2)3;1-4(2)3;;;;;;;/h10H,4-9H2,1-3H3;8H,4-7H2,1-3H3;7H,4-6H2,1-3H3;2*6H,4-5H2,1-3H3;5H,4H2,1-3H3;4H,1-3H3;7*1H4. The molecule has 346 valence electrons. The minimum Gasteiger partial charge on any atom is -0.0776 e. The number of hydrogen-bond acceptors (Lipinski definition) is 0. The fourth-order valence-electron chi connectivity index (χ4n) is 3.94. The van der Waals surface area contributed by atoms with Crippen LogP contribution < -0.4 is 0 Å². The van der Waals surface area contributed by atoms with Gasteiger partial charge in [-0.15, -0.1) is 0 Å². The molecule has 0 aromatic rings. The molecule has 1 unspecified atom stereocenters. The molecule has 0 radical (unpaired) electrons. The van der Waals surface area contributed by atoms with Gasteiger partial charge in [0, 0.05) is 0 Å². The summed E-state index contributed by atoms with van der Waals surface area (Å²) in [5.74, 6) is 6.44. The van der Waals surface area contributed by atoms with Crippen LogP contribution in [0.25, 0.3) is 0 Å². The maximum Gasteiger partial charge on any atom is -0.0443 e. The van der Waals surface area contributed by atoms with Crippen LogP contribution in [0.15, 0.2) is 0 Å². The van der Waals surface area contributed by atoms with Crippen LogP contribution >= 0.6 is 0 Å². The maximum atomic E-state index is 2.38. The lowest BCUT2D eigenvalue weighted by Crippen LogP contribution is -1.93. The van der Waals surface area contributed by atoms with E-state index in [0.717, 1.165) is 41.4 Å². The molecule has 0 aliphatic carbocycles. The third-order valence-electron chi connectivity index (χ3n) is 8.22. The summed E-state index contributed by atoms with van der Waals surface area (Å²) < 4.78 is 0. The third kappa shape index (κ3) is 166. The summed E-state index contributed by atoms with van der Waals surface area (Å²) >= 11 is 0. The van der Waals surface area contributed by atoms with E-state index < -0.39 is 0 Å². The van der Waals surface area contributed by atoms with Gasteiger partial charge >= 0.3 is 0 Å². The van der Waals surface area contributed by atoms with Crippen molar-refractivity contribution in [2.45, 2.75) is 313 Å². The first-order chi connectivity index (χ1) is 21.5. The van der Waals surface area contributed by atoms with Crippen LogP contribution in [-0.4, -0.2) is 0 Å². The molecule has 0 bridgehead atoms. The van der Waals surface area contributed by atoms with Gasteiger partial charge in [-0.1, -0.05) is 313 Å². The molecular formula is C53H134. The van der Waals surface area contributed by atoms with E-state index in [0.29, 0.717) is 0 Å². The van der Waals surface area contributed by atoms with E-state index >= 15 is 0 Å². The molecule has 0 aliphatic rings. The molecule has 0 saturated heterocycles. The second-order valence-corrected chi connectivity index (χ2v) is 16.0. The molecular weight excluding hydrogens is 637 g/mol. The SMILES string of the molecule is C.C.C.C.C.C.C.CC(C)C.CCC(C)C.CCC(C)CC.CCCC(C)C.CCCC(C)CC.CCCC(C)CCC.CCCCC(C)CCCC. The summed E-state index contributed by atoms with van der Waals surface area (Å²) in [5.41, 5.74) is 0. The van der Waals surface area contributed by atoms with Gasteiger partial charge in [-0.25, -0.2) is 0 Å². The Morgan fingerprint density at radius 1 is 0.245 bits per heavy atom. The van der Waals surface area contributed by atoms with Gasteiger partial charge in [0.25, 0.3) is 0 Å². The lowest BCUT2D eigenvalue weighted by Gasteiger charge is -2.08. The third-order valence-corrected chi connectivity index (χ3v) is 8.22. The van der Waals surface area contributed by atoms with Gasteiger partial charge in [0.05, 0.1) is 0 Å². The van der Waals surface area contributed by atoms with Crippen LogP contribution in [0.5, 0.6) is 0 Å². The highest BCUT2D eigenvalue weighted by Crippen LogP contribution is 2.14. The summed E-state index contributed by atoms with van der Waals surface area (Å²) in [6, 6.07) is 0. The predicted octanol–water partition coefficient (Wildman–Crippen LogP) is 23.1. The van der Waals surface area contributed by atoms with E-state index in [9.17, 15) is 0 Å². The Bertz CT molecular complexity index is 386. The molecule has 0 heteroatoms. The molecule has 0 nitrogen and oxygen atoms in total. The lowest BCUT2D eigenvalue weighted by molar-refractivity contribution is 0.454. The van der Waals surface area contributed by atoms with E-state index in [1.807, 2.05) is 0 Å². The molecule has 0 heterocycles. The highest BCUT2D eigenvalue weighted by molar-refractivity contribution is 4.52. The second-order valence-electron chi connectivity index (χ2n) is 16.0. The Balaban J connectivity index is -0.0000000277. The zero-order valence-electron chi connectivity index (χ0n) is 37.8.